The molecule has 112 valence electrons. The number of ether oxygens (including phenoxy) is 1. The van der Waals surface area contributed by atoms with Gasteiger partial charge in [0.25, 0.3) is 0 Å². The van der Waals surface area contributed by atoms with Gasteiger partial charge >= 0.3 is 0 Å². The molecule has 1 aliphatic heterocycles. The van der Waals surface area contributed by atoms with Crippen LogP contribution in [0.4, 0.5) is 5.69 Å². The van der Waals surface area contributed by atoms with Crippen LogP contribution < -0.4 is 10.2 Å². The summed E-state index contributed by atoms with van der Waals surface area (Å²) in [6.07, 6.45) is 1.45. The molecule has 1 aliphatic rings. The van der Waals surface area contributed by atoms with Gasteiger partial charge in [0, 0.05) is 18.8 Å². The number of hydrogen-bond donors (Lipinski definition) is 1. The quantitative estimate of drug-likeness (QED) is 0.894. The van der Waals surface area contributed by atoms with Crippen LogP contribution in [0, 0.1) is 6.92 Å². The van der Waals surface area contributed by atoms with Crippen molar-refractivity contribution in [3.63, 3.8) is 0 Å². The van der Waals surface area contributed by atoms with Crippen LogP contribution in [0.5, 0.6) is 0 Å². The maximum Gasteiger partial charge on any atom is 0.0723 e. The highest BCUT2D eigenvalue weighted by Gasteiger charge is 2.25. The Labute approximate surface area is 123 Å². The van der Waals surface area contributed by atoms with Gasteiger partial charge in [0.15, 0.2) is 0 Å². The molecule has 2 unspecified atom stereocenters. The molecule has 2 rings (SSSR count). The Balaban J connectivity index is 2.16. The van der Waals surface area contributed by atoms with E-state index in [4.69, 9.17) is 4.74 Å². The molecule has 1 N–H and O–H groups in total. The third-order valence-corrected chi connectivity index (χ3v) is 4.16. The van der Waals surface area contributed by atoms with E-state index in [0.717, 1.165) is 32.7 Å². The topological polar surface area (TPSA) is 24.5 Å². The number of hydrogen-bond acceptors (Lipinski definition) is 3. The van der Waals surface area contributed by atoms with Gasteiger partial charge in [0.05, 0.1) is 18.8 Å². The number of anilines is 1. The average Bonchev–Trinajstić information content (AvgIpc) is 2.46. The molecule has 0 radical (unpaired) electrons. The van der Waals surface area contributed by atoms with Gasteiger partial charge in [-0.15, -0.1) is 0 Å². The molecule has 0 spiro atoms. The maximum absolute atomic E-state index is 5.79. The van der Waals surface area contributed by atoms with Crippen molar-refractivity contribution in [3.05, 3.63) is 29.3 Å². The first-order valence-electron chi connectivity index (χ1n) is 7.84. The van der Waals surface area contributed by atoms with Crippen LogP contribution in [0.2, 0.25) is 0 Å². The summed E-state index contributed by atoms with van der Waals surface area (Å²) in [5.41, 5.74) is 4.10. The zero-order valence-electron chi connectivity index (χ0n) is 13.3. The van der Waals surface area contributed by atoms with Crippen LogP contribution in [0.25, 0.3) is 0 Å². The fourth-order valence-electron chi connectivity index (χ4n) is 2.82. The summed E-state index contributed by atoms with van der Waals surface area (Å²) in [7, 11) is 0. The highest BCUT2D eigenvalue weighted by molar-refractivity contribution is 5.52. The van der Waals surface area contributed by atoms with E-state index in [1.165, 1.54) is 16.8 Å². The monoisotopic (exact) mass is 276 g/mol. The molecule has 0 aliphatic carbocycles. The molecule has 0 aromatic heterocycles. The van der Waals surface area contributed by atoms with Crippen molar-refractivity contribution < 1.29 is 4.74 Å². The molecular weight excluding hydrogens is 248 g/mol. The van der Waals surface area contributed by atoms with Crippen LogP contribution in [-0.4, -0.2) is 31.8 Å². The molecule has 0 bridgehead atoms. The van der Waals surface area contributed by atoms with E-state index >= 15 is 0 Å². The zero-order chi connectivity index (χ0) is 14.5. The molecule has 1 saturated heterocycles. The van der Waals surface area contributed by atoms with Crippen LogP contribution >= 0.6 is 0 Å². The van der Waals surface area contributed by atoms with E-state index in [0.29, 0.717) is 12.1 Å². The summed E-state index contributed by atoms with van der Waals surface area (Å²) in [5.74, 6) is 0. The zero-order valence-corrected chi connectivity index (χ0v) is 13.3. The Kier molecular flexibility index (Phi) is 5.44. The number of aryl methyl sites for hydroxylation is 1. The molecule has 1 aromatic carbocycles. The fourth-order valence-corrected chi connectivity index (χ4v) is 2.82. The largest absolute Gasteiger partial charge is 0.375 e. The second-order valence-corrected chi connectivity index (χ2v) is 5.75. The minimum atomic E-state index is 0.319. The van der Waals surface area contributed by atoms with Gasteiger partial charge in [-0.25, -0.2) is 0 Å². The molecule has 20 heavy (non-hydrogen) atoms. The lowest BCUT2D eigenvalue weighted by molar-refractivity contribution is 0.0299. The highest BCUT2D eigenvalue weighted by atomic mass is 16.5. The van der Waals surface area contributed by atoms with Gasteiger partial charge in [0.1, 0.15) is 0 Å². The van der Waals surface area contributed by atoms with Gasteiger partial charge in [-0.05, 0) is 50.1 Å². The third kappa shape index (κ3) is 3.53. The number of benzene rings is 1. The number of nitrogens with zero attached hydrogens (tertiary/aromatic N) is 1. The van der Waals surface area contributed by atoms with Crippen molar-refractivity contribution in [2.24, 2.45) is 0 Å². The predicted molar refractivity (Wildman–Crippen MR) is 85.4 cm³/mol. The molecule has 3 nitrogen and oxygen atoms in total. The molecule has 1 heterocycles. The first-order valence-corrected chi connectivity index (χ1v) is 7.84. The van der Waals surface area contributed by atoms with Crippen LogP contribution in [0.15, 0.2) is 18.2 Å². The summed E-state index contributed by atoms with van der Waals surface area (Å²) in [6, 6.07) is 7.36. The second kappa shape index (κ2) is 7.09. The predicted octanol–water partition coefficient (Wildman–Crippen LogP) is 3.11. The molecule has 1 fully saturated rings. The summed E-state index contributed by atoms with van der Waals surface area (Å²) in [4.78, 5) is 2.51. The Bertz CT molecular complexity index is 433. The Hall–Kier alpha value is -1.06. The van der Waals surface area contributed by atoms with Crippen molar-refractivity contribution >= 4 is 5.69 Å². The van der Waals surface area contributed by atoms with Gasteiger partial charge in [0.2, 0.25) is 0 Å². The SMILES string of the molecule is CCNCc1ccc(N2CC(C)OCC2CC)cc1C. The summed E-state index contributed by atoms with van der Waals surface area (Å²) >= 11 is 0. The van der Waals surface area contributed by atoms with Crippen molar-refractivity contribution in [2.75, 3.05) is 24.6 Å². The lowest BCUT2D eigenvalue weighted by atomic mass is 10.0. The van der Waals surface area contributed by atoms with Crippen LogP contribution in [0.3, 0.4) is 0 Å². The minimum Gasteiger partial charge on any atom is -0.375 e. The molecule has 3 heteroatoms. The van der Waals surface area contributed by atoms with Gasteiger partial charge in [-0.1, -0.05) is 19.9 Å². The summed E-state index contributed by atoms with van der Waals surface area (Å²) in [5, 5.41) is 3.40. The molecule has 0 saturated carbocycles. The second-order valence-electron chi connectivity index (χ2n) is 5.75. The summed E-state index contributed by atoms with van der Waals surface area (Å²) < 4.78 is 5.79. The molecule has 2 atom stereocenters. The Morgan fingerprint density at radius 3 is 2.80 bits per heavy atom. The molecule has 1 aromatic rings. The lowest BCUT2D eigenvalue weighted by Crippen LogP contribution is -2.48. The van der Waals surface area contributed by atoms with Gasteiger partial charge in [-0.2, -0.15) is 0 Å². The van der Waals surface area contributed by atoms with Crippen LogP contribution in [-0.2, 0) is 11.3 Å². The summed E-state index contributed by atoms with van der Waals surface area (Å²) in [6.45, 7) is 12.6. The van der Waals surface area contributed by atoms with E-state index < -0.39 is 0 Å². The Morgan fingerprint density at radius 1 is 1.35 bits per heavy atom. The van der Waals surface area contributed by atoms with Crippen molar-refractivity contribution in [1.82, 2.24) is 5.32 Å². The third-order valence-electron chi connectivity index (χ3n) is 4.16. The van der Waals surface area contributed by atoms with Crippen molar-refractivity contribution in [2.45, 2.75) is 52.8 Å². The first kappa shape index (κ1) is 15.3. The van der Waals surface area contributed by atoms with Crippen LogP contribution in [0.1, 0.15) is 38.3 Å². The van der Waals surface area contributed by atoms with E-state index in [-0.39, 0.29) is 0 Å². The lowest BCUT2D eigenvalue weighted by Gasteiger charge is -2.40. The fraction of sp³-hybridized carbons (Fsp3) is 0.647. The van der Waals surface area contributed by atoms with E-state index in [9.17, 15) is 0 Å². The first-order chi connectivity index (χ1) is 9.65. The maximum atomic E-state index is 5.79. The highest BCUT2D eigenvalue weighted by Crippen LogP contribution is 2.25. The average molecular weight is 276 g/mol. The number of morpholine rings is 1. The van der Waals surface area contributed by atoms with Gasteiger partial charge < -0.3 is 15.0 Å². The van der Waals surface area contributed by atoms with E-state index in [1.807, 2.05) is 0 Å². The van der Waals surface area contributed by atoms with E-state index in [1.54, 1.807) is 0 Å². The standard InChI is InChI=1S/C17H28N2O/c1-5-16-12-20-14(4)11-19(16)17-8-7-15(10-18-6-2)13(3)9-17/h7-9,14,16,18H,5-6,10-12H2,1-4H3. The molecular formula is C17H28N2O. The van der Waals surface area contributed by atoms with Crippen molar-refractivity contribution in [3.8, 4) is 0 Å². The number of rotatable bonds is 5. The Morgan fingerprint density at radius 2 is 2.15 bits per heavy atom. The minimum absolute atomic E-state index is 0.319. The normalized spacial score (nSPS) is 23.1. The van der Waals surface area contributed by atoms with E-state index in [2.05, 4.69) is 56.1 Å². The molecule has 0 amide bonds. The van der Waals surface area contributed by atoms with Gasteiger partial charge in [-0.3, -0.25) is 0 Å². The number of nitrogens with one attached hydrogen (secondary N) is 1. The van der Waals surface area contributed by atoms with Crippen molar-refractivity contribution in [1.29, 1.82) is 0 Å². The smallest absolute Gasteiger partial charge is 0.0723 e.